The van der Waals surface area contributed by atoms with Gasteiger partial charge in [0.05, 0.1) is 0 Å². The number of aromatic nitrogens is 4. The van der Waals surface area contributed by atoms with Crippen LogP contribution in [0.1, 0.15) is 74.9 Å². The molecule has 0 N–H and O–H groups in total. The van der Waals surface area contributed by atoms with Gasteiger partial charge in [0.2, 0.25) is 11.4 Å². The highest BCUT2D eigenvalue weighted by Gasteiger charge is 2.24. The summed E-state index contributed by atoms with van der Waals surface area (Å²) in [6.45, 7) is 16.6. The van der Waals surface area contributed by atoms with E-state index in [2.05, 4.69) is 189 Å². The van der Waals surface area contributed by atoms with Gasteiger partial charge in [-0.25, -0.2) is 9.13 Å². The fourth-order valence-corrected chi connectivity index (χ4v) is 7.55. The van der Waals surface area contributed by atoms with Gasteiger partial charge in [0.1, 0.15) is 20.1 Å². The summed E-state index contributed by atoms with van der Waals surface area (Å²) in [6.07, 6.45) is 16.2. The van der Waals surface area contributed by atoms with E-state index in [1.807, 2.05) is 0 Å². The third-order valence-corrected chi connectivity index (χ3v) is 10.8. The fourth-order valence-electron chi connectivity index (χ4n) is 7.55. The molecule has 0 aliphatic rings. The minimum absolute atomic E-state index is 0.544. The second-order valence-electron chi connectivity index (χ2n) is 15.4. The van der Waals surface area contributed by atoms with Crippen LogP contribution in [0.25, 0.3) is 44.8 Å². The third kappa shape index (κ3) is 9.73. The van der Waals surface area contributed by atoms with Crippen LogP contribution >= 0.6 is 0 Å². The molecule has 6 aromatic rings. The van der Waals surface area contributed by atoms with Gasteiger partial charge < -0.3 is 0 Å². The third-order valence-electron chi connectivity index (χ3n) is 10.8. The fraction of sp³-hybridized carbons (Fsp3) is 0.347. The highest BCUT2D eigenvalue weighted by atomic mass is 15.0. The first-order valence-corrected chi connectivity index (χ1v) is 19.9. The van der Waals surface area contributed by atoms with Crippen molar-refractivity contribution < 1.29 is 18.3 Å². The van der Waals surface area contributed by atoms with Crippen molar-refractivity contribution in [1.29, 1.82) is 0 Å². The monoisotopic (exact) mass is 704 g/mol. The second kappa shape index (κ2) is 17.7. The smallest absolute Gasteiger partial charge is 0.208 e. The van der Waals surface area contributed by atoms with Gasteiger partial charge in [-0.2, -0.15) is 9.13 Å². The number of nitrogens with zero attached hydrogens (tertiary/aromatic N) is 4. The number of rotatable bonds is 15. The first-order chi connectivity index (χ1) is 25.7. The number of benzene rings is 2. The minimum atomic E-state index is 0.544. The predicted octanol–water partition coefficient (Wildman–Crippen LogP) is 9.97. The molecule has 272 valence electrons. The normalized spacial score (nSPS) is 11.9. The van der Waals surface area contributed by atoms with Crippen LogP contribution in [0.4, 0.5) is 0 Å². The summed E-state index contributed by atoms with van der Waals surface area (Å²) in [5.74, 6) is 0.544. The highest BCUT2D eigenvalue weighted by Crippen LogP contribution is 2.30. The van der Waals surface area contributed by atoms with Crippen molar-refractivity contribution in [2.75, 3.05) is 0 Å². The van der Waals surface area contributed by atoms with E-state index in [9.17, 15) is 0 Å². The topological polar surface area (TPSA) is 15.5 Å². The van der Waals surface area contributed by atoms with E-state index in [1.54, 1.807) is 0 Å². The molecule has 2 aromatic carbocycles. The summed E-state index contributed by atoms with van der Waals surface area (Å²) in [5, 5.41) is 0. The van der Waals surface area contributed by atoms with E-state index in [-0.39, 0.29) is 0 Å². The van der Waals surface area contributed by atoms with Gasteiger partial charge >= 0.3 is 0 Å². The molecule has 4 heterocycles. The molecule has 1 unspecified atom stereocenters. The first kappa shape index (κ1) is 37.8. The summed E-state index contributed by atoms with van der Waals surface area (Å²) in [7, 11) is 2.07. The molecule has 0 fully saturated rings. The average molecular weight is 705 g/mol. The zero-order valence-corrected chi connectivity index (χ0v) is 33.3. The molecular formula is C49H60N4+4. The molecule has 4 aromatic heterocycles. The zero-order valence-electron chi connectivity index (χ0n) is 33.3. The minimum Gasteiger partial charge on any atom is -0.208 e. The van der Waals surface area contributed by atoms with E-state index in [1.165, 1.54) is 93.0 Å². The Morgan fingerprint density at radius 3 is 1.53 bits per heavy atom. The number of unbranched alkanes of at least 4 members (excludes halogenated alkanes) is 3. The lowest BCUT2D eigenvalue weighted by atomic mass is 9.98. The van der Waals surface area contributed by atoms with E-state index in [0.29, 0.717) is 5.92 Å². The Balaban J connectivity index is 1.22. The average Bonchev–Trinajstić information content (AvgIpc) is 3.16. The maximum Gasteiger partial charge on any atom is 0.213 e. The van der Waals surface area contributed by atoms with Crippen LogP contribution in [0.15, 0.2) is 122 Å². The van der Waals surface area contributed by atoms with Gasteiger partial charge in [-0.3, -0.25) is 0 Å². The molecular weight excluding hydrogens is 645 g/mol. The van der Waals surface area contributed by atoms with Gasteiger partial charge in [-0.15, -0.1) is 0 Å². The van der Waals surface area contributed by atoms with E-state index < -0.39 is 0 Å². The van der Waals surface area contributed by atoms with Crippen molar-refractivity contribution in [1.82, 2.24) is 0 Å². The lowest BCUT2D eigenvalue weighted by molar-refractivity contribution is -0.714. The molecule has 0 amide bonds. The van der Waals surface area contributed by atoms with Crippen molar-refractivity contribution in [3.8, 4) is 44.8 Å². The Hall–Kier alpha value is -4.96. The summed E-state index contributed by atoms with van der Waals surface area (Å²) < 4.78 is 9.51. The largest absolute Gasteiger partial charge is 0.213 e. The molecule has 0 saturated heterocycles. The van der Waals surface area contributed by atoms with Gasteiger partial charge in [-0.05, 0) is 73.2 Å². The summed E-state index contributed by atoms with van der Waals surface area (Å²) in [5.41, 5.74) is 15.3. The molecule has 0 radical (unpaired) electrons. The van der Waals surface area contributed by atoms with E-state index in [0.717, 1.165) is 32.5 Å². The molecule has 0 aliphatic heterocycles. The molecule has 0 saturated carbocycles. The summed E-state index contributed by atoms with van der Waals surface area (Å²) in [6, 6.07) is 36.6. The predicted molar refractivity (Wildman–Crippen MR) is 218 cm³/mol. The maximum absolute atomic E-state index is 2.57. The number of hydrogen-bond acceptors (Lipinski definition) is 0. The van der Waals surface area contributed by atoms with Gasteiger partial charge in [-0.1, -0.05) is 62.1 Å². The van der Waals surface area contributed by atoms with Gasteiger partial charge in [0.15, 0.2) is 42.7 Å². The van der Waals surface area contributed by atoms with Crippen LogP contribution in [0.3, 0.4) is 0 Å². The molecule has 6 rings (SSSR count). The Kier molecular flexibility index (Phi) is 12.6. The van der Waals surface area contributed by atoms with Crippen molar-refractivity contribution in [2.24, 2.45) is 13.0 Å². The van der Waals surface area contributed by atoms with Crippen LogP contribution in [-0.2, 0) is 26.7 Å². The SMILES string of the molecule is CCCCCC[n+]1ccc(-c2cc(C)[n+](CC(C)CCC[n+]3c(-c4ccc(C)cc4)cc(-c4cc[n+](C)cc4)cc3-c3ccc(C)cc3)c(C)c2)cc1. The van der Waals surface area contributed by atoms with Crippen LogP contribution in [0.2, 0.25) is 0 Å². The summed E-state index contributed by atoms with van der Waals surface area (Å²) >= 11 is 0. The van der Waals surface area contributed by atoms with Crippen molar-refractivity contribution in [3.63, 3.8) is 0 Å². The van der Waals surface area contributed by atoms with Crippen molar-refractivity contribution in [3.05, 3.63) is 144 Å². The van der Waals surface area contributed by atoms with Crippen molar-refractivity contribution in [2.45, 2.75) is 99.7 Å². The summed E-state index contributed by atoms with van der Waals surface area (Å²) in [4.78, 5) is 0. The Labute approximate surface area is 319 Å². The Morgan fingerprint density at radius 1 is 0.491 bits per heavy atom. The van der Waals surface area contributed by atoms with E-state index >= 15 is 0 Å². The van der Waals surface area contributed by atoms with E-state index in [4.69, 9.17) is 0 Å². The Morgan fingerprint density at radius 2 is 1.00 bits per heavy atom. The number of hydrogen-bond donors (Lipinski definition) is 0. The lowest BCUT2D eigenvalue weighted by Gasteiger charge is -2.15. The van der Waals surface area contributed by atoms with Crippen molar-refractivity contribution >= 4 is 0 Å². The van der Waals surface area contributed by atoms with Crippen LogP contribution in [0, 0.1) is 33.6 Å². The maximum atomic E-state index is 2.57. The second-order valence-corrected chi connectivity index (χ2v) is 15.4. The molecule has 0 spiro atoms. The molecule has 4 nitrogen and oxygen atoms in total. The molecule has 0 aliphatic carbocycles. The number of aryl methyl sites for hydroxylation is 6. The number of pyridine rings is 4. The van der Waals surface area contributed by atoms with Crippen LogP contribution in [0.5, 0.6) is 0 Å². The lowest BCUT2D eigenvalue weighted by Crippen LogP contribution is -2.43. The van der Waals surface area contributed by atoms with Gasteiger partial charge in [0.25, 0.3) is 0 Å². The molecule has 53 heavy (non-hydrogen) atoms. The van der Waals surface area contributed by atoms with Crippen LogP contribution in [-0.4, -0.2) is 0 Å². The standard InChI is InChI=1S/C49H60N4/c1-8-9-10-11-26-51-30-24-43(25-31-51)46-32-40(5)53(41(6)33-46)36-39(4)13-12-27-52-48(44-18-14-37(2)15-19-44)34-47(42-22-28-50(7)29-23-42)35-49(52)45-20-16-38(3)17-21-45/h14-25,28-35,39H,8-13,26-27,36H2,1-7H3/q+4. The van der Waals surface area contributed by atoms with Gasteiger partial charge in [0, 0.05) is 92.3 Å². The molecule has 4 heteroatoms. The molecule has 0 bridgehead atoms. The Bertz CT molecular complexity index is 2000. The van der Waals surface area contributed by atoms with Crippen LogP contribution < -0.4 is 18.3 Å². The first-order valence-electron chi connectivity index (χ1n) is 19.9. The molecule has 1 atom stereocenters. The zero-order chi connectivity index (χ0) is 37.3. The highest BCUT2D eigenvalue weighted by molar-refractivity contribution is 5.73. The quantitative estimate of drug-likeness (QED) is 0.0747.